The van der Waals surface area contributed by atoms with E-state index in [2.05, 4.69) is 46.3 Å². The zero-order valence-electron chi connectivity index (χ0n) is 18.9. The SMILES string of the molecule is CCCOc1ccc(CN2CC3C(CNc4ccc(N5CCOCC5)c(F)c4)C3C2)cc1. The van der Waals surface area contributed by atoms with Crippen molar-refractivity contribution in [1.29, 1.82) is 0 Å². The molecule has 1 aliphatic carbocycles. The summed E-state index contributed by atoms with van der Waals surface area (Å²) in [6.07, 6.45) is 1.03. The summed E-state index contributed by atoms with van der Waals surface area (Å²) in [5.74, 6) is 3.06. The number of benzene rings is 2. The van der Waals surface area contributed by atoms with Gasteiger partial charge in [0.25, 0.3) is 0 Å². The number of nitrogens with one attached hydrogen (secondary N) is 1. The number of likely N-dealkylation sites (tertiary alicyclic amines) is 1. The van der Waals surface area contributed by atoms with Crippen LogP contribution in [0.4, 0.5) is 15.8 Å². The van der Waals surface area contributed by atoms with Crippen LogP contribution in [0.25, 0.3) is 0 Å². The molecule has 2 aromatic carbocycles. The number of halogens is 1. The van der Waals surface area contributed by atoms with Crippen molar-refractivity contribution in [3.63, 3.8) is 0 Å². The molecule has 0 bridgehead atoms. The van der Waals surface area contributed by atoms with Crippen molar-refractivity contribution in [3.8, 4) is 5.75 Å². The number of hydrogen-bond acceptors (Lipinski definition) is 5. The first-order chi connectivity index (χ1) is 15.7. The first-order valence-electron chi connectivity index (χ1n) is 12.0. The van der Waals surface area contributed by atoms with E-state index >= 15 is 0 Å². The Morgan fingerprint density at radius 1 is 1.06 bits per heavy atom. The van der Waals surface area contributed by atoms with Gasteiger partial charge in [0.05, 0.1) is 25.5 Å². The van der Waals surface area contributed by atoms with Gasteiger partial charge in [0.1, 0.15) is 11.6 Å². The van der Waals surface area contributed by atoms with Crippen LogP contribution in [0.5, 0.6) is 5.75 Å². The van der Waals surface area contributed by atoms with Crippen molar-refractivity contribution in [2.24, 2.45) is 17.8 Å². The second kappa shape index (κ2) is 9.67. The molecule has 6 heteroatoms. The molecule has 5 nitrogen and oxygen atoms in total. The van der Waals surface area contributed by atoms with E-state index < -0.39 is 0 Å². The molecule has 0 radical (unpaired) electrons. The van der Waals surface area contributed by atoms with Crippen molar-refractivity contribution in [3.05, 3.63) is 53.8 Å². The minimum absolute atomic E-state index is 0.148. The van der Waals surface area contributed by atoms with Gasteiger partial charge in [-0.25, -0.2) is 4.39 Å². The predicted molar refractivity (Wildman–Crippen MR) is 126 cm³/mol. The number of nitrogens with zero attached hydrogens (tertiary/aromatic N) is 2. The van der Waals surface area contributed by atoms with E-state index in [-0.39, 0.29) is 5.82 Å². The normalized spacial score (nSPS) is 24.9. The Hall–Kier alpha value is -2.31. The summed E-state index contributed by atoms with van der Waals surface area (Å²) in [5.41, 5.74) is 2.91. The summed E-state index contributed by atoms with van der Waals surface area (Å²) >= 11 is 0. The highest BCUT2D eigenvalue weighted by molar-refractivity contribution is 5.56. The quantitative estimate of drug-likeness (QED) is 0.633. The molecule has 1 N–H and O–H groups in total. The van der Waals surface area contributed by atoms with Crippen molar-refractivity contribution in [2.45, 2.75) is 19.9 Å². The second-order valence-electron chi connectivity index (χ2n) is 9.32. The Balaban J connectivity index is 1.06. The molecule has 2 aliphatic heterocycles. The minimum atomic E-state index is -0.148. The van der Waals surface area contributed by atoms with Crippen LogP contribution in [-0.2, 0) is 11.3 Å². The van der Waals surface area contributed by atoms with Gasteiger partial charge in [-0.15, -0.1) is 0 Å². The molecule has 1 saturated carbocycles. The van der Waals surface area contributed by atoms with Crippen LogP contribution in [0.2, 0.25) is 0 Å². The Morgan fingerprint density at radius 2 is 1.81 bits per heavy atom. The van der Waals surface area contributed by atoms with E-state index in [4.69, 9.17) is 9.47 Å². The van der Waals surface area contributed by atoms with E-state index in [0.717, 1.165) is 75.6 Å². The van der Waals surface area contributed by atoms with Crippen LogP contribution in [0.3, 0.4) is 0 Å². The second-order valence-corrected chi connectivity index (χ2v) is 9.32. The molecule has 5 rings (SSSR count). The number of anilines is 2. The van der Waals surface area contributed by atoms with Gasteiger partial charge in [0.2, 0.25) is 0 Å². The van der Waals surface area contributed by atoms with Crippen LogP contribution in [-0.4, -0.2) is 57.4 Å². The molecule has 0 aromatic heterocycles. The maximum absolute atomic E-state index is 14.6. The average Bonchev–Trinajstić information content (AvgIpc) is 3.28. The standard InChI is InChI=1S/C26H34FN3O2/c1-2-11-32-21-6-3-19(4-7-21)16-29-17-23-22(24(23)18-29)15-28-20-5-8-26(25(27)14-20)30-9-12-31-13-10-30/h3-8,14,22-24,28H,2,9-13,15-18H2,1H3. The molecule has 2 aromatic rings. The number of rotatable bonds is 9. The van der Waals surface area contributed by atoms with Gasteiger partial charge in [0, 0.05) is 45.0 Å². The van der Waals surface area contributed by atoms with E-state index in [1.807, 2.05) is 12.1 Å². The fourth-order valence-corrected chi connectivity index (χ4v) is 5.25. The largest absolute Gasteiger partial charge is 0.494 e. The van der Waals surface area contributed by atoms with E-state index in [0.29, 0.717) is 24.8 Å². The maximum Gasteiger partial charge on any atom is 0.148 e. The third kappa shape index (κ3) is 4.86. The fraction of sp³-hybridized carbons (Fsp3) is 0.538. The molecule has 2 heterocycles. The number of ether oxygens (including phenoxy) is 2. The van der Waals surface area contributed by atoms with Gasteiger partial charge < -0.3 is 19.7 Å². The van der Waals surface area contributed by atoms with E-state index in [9.17, 15) is 4.39 Å². The minimum Gasteiger partial charge on any atom is -0.494 e. The highest BCUT2D eigenvalue weighted by atomic mass is 19.1. The van der Waals surface area contributed by atoms with Gasteiger partial charge in [-0.3, -0.25) is 4.90 Å². The summed E-state index contributed by atoms with van der Waals surface area (Å²) in [6.45, 7) is 10.00. The maximum atomic E-state index is 14.6. The zero-order valence-corrected chi connectivity index (χ0v) is 18.9. The molecule has 3 aliphatic rings. The molecule has 32 heavy (non-hydrogen) atoms. The number of piperidine rings is 1. The third-order valence-electron chi connectivity index (χ3n) is 7.09. The summed E-state index contributed by atoms with van der Waals surface area (Å²) in [7, 11) is 0. The van der Waals surface area contributed by atoms with Gasteiger partial charge in [-0.1, -0.05) is 19.1 Å². The summed E-state index contributed by atoms with van der Waals surface area (Å²) < 4.78 is 25.7. The lowest BCUT2D eigenvalue weighted by Crippen LogP contribution is -2.36. The van der Waals surface area contributed by atoms with Crippen molar-refractivity contribution in [2.75, 3.05) is 62.8 Å². The molecule has 2 unspecified atom stereocenters. The number of fused-ring (bicyclic) bond motifs is 1. The summed E-state index contributed by atoms with van der Waals surface area (Å²) in [5, 5.41) is 3.48. The van der Waals surface area contributed by atoms with Crippen LogP contribution >= 0.6 is 0 Å². The van der Waals surface area contributed by atoms with Crippen molar-refractivity contribution < 1.29 is 13.9 Å². The van der Waals surface area contributed by atoms with Crippen LogP contribution in [0.1, 0.15) is 18.9 Å². The van der Waals surface area contributed by atoms with Crippen LogP contribution in [0.15, 0.2) is 42.5 Å². The number of morpholine rings is 1. The molecule has 2 atom stereocenters. The fourth-order valence-electron chi connectivity index (χ4n) is 5.25. The molecule has 3 fully saturated rings. The van der Waals surface area contributed by atoms with Gasteiger partial charge in [0.15, 0.2) is 0 Å². The Bertz CT molecular complexity index is 888. The first kappa shape index (κ1) is 21.5. The van der Waals surface area contributed by atoms with Gasteiger partial charge in [-0.2, -0.15) is 0 Å². The predicted octanol–water partition coefficient (Wildman–Crippen LogP) is 4.24. The Morgan fingerprint density at radius 3 is 2.50 bits per heavy atom. The lowest BCUT2D eigenvalue weighted by atomic mass is 10.2. The number of hydrogen-bond donors (Lipinski definition) is 1. The average molecular weight is 440 g/mol. The molecule has 2 saturated heterocycles. The van der Waals surface area contributed by atoms with E-state index in [1.165, 1.54) is 5.56 Å². The Labute approximate surface area is 190 Å². The van der Waals surface area contributed by atoms with E-state index in [1.54, 1.807) is 6.07 Å². The lowest BCUT2D eigenvalue weighted by molar-refractivity contribution is 0.122. The smallest absolute Gasteiger partial charge is 0.148 e. The molecular formula is C26H34FN3O2. The first-order valence-corrected chi connectivity index (χ1v) is 12.0. The molecule has 0 spiro atoms. The zero-order chi connectivity index (χ0) is 21.9. The third-order valence-corrected chi connectivity index (χ3v) is 7.09. The lowest BCUT2D eigenvalue weighted by Gasteiger charge is -2.29. The monoisotopic (exact) mass is 439 g/mol. The van der Waals surface area contributed by atoms with Gasteiger partial charge in [-0.05, 0) is 60.1 Å². The highest BCUT2D eigenvalue weighted by Gasteiger charge is 2.54. The highest BCUT2D eigenvalue weighted by Crippen LogP contribution is 2.51. The molecular weight excluding hydrogens is 405 g/mol. The van der Waals surface area contributed by atoms with Crippen molar-refractivity contribution >= 4 is 11.4 Å². The summed E-state index contributed by atoms with van der Waals surface area (Å²) in [4.78, 5) is 4.62. The van der Waals surface area contributed by atoms with Crippen LogP contribution < -0.4 is 15.0 Å². The topological polar surface area (TPSA) is 37.0 Å². The van der Waals surface area contributed by atoms with Crippen LogP contribution in [0, 0.1) is 23.6 Å². The summed E-state index contributed by atoms with van der Waals surface area (Å²) in [6, 6.07) is 14.1. The molecule has 172 valence electrons. The molecule has 0 amide bonds. The Kier molecular flexibility index (Phi) is 6.51. The van der Waals surface area contributed by atoms with Gasteiger partial charge >= 0.3 is 0 Å². The van der Waals surface area contributed by atoms with Crippen molar-refractivity contribution in [1.82, 2.24) is 4.90 Å².